The number of nitrogens with zero attached hydrogens (tertiary/aromatic N) is 1. The molecule has 1 heterocycles. The Morgan fingerprint density at radius 1 is 1.09 bits per heavy atom. The number of nitrogens with one attached hydrogen (secondary N) is 1. The van der Waals surface area contributed by atoms with E-state index in [1.165, 1.54) is 12.1 Å². The molecule has 0 spiro atoms. The Kier molecular flexibility index (Phi) is 5.96. The number of carboxylic acid groups (broad SMARTS) is 1. The topological polar surface area (TPSA) is 95.4 Å². The Labute approximate surface area is 186 Å². The fourth-order valence-corrected chi connectivity index (χ4v) is 3.78. The number of hydrogen-bond acceptors (Lipinski definition) is 4. The van der Waals surface area contributed by atoms with Crippen LogP contribution in [-0.4, -0.2) is 33.0 Å². The van der Waals surface area contributed by atoms with E-state index in [0.717, 1.165) is 16.5 Å². The van der Waals surface area contributed by atoms with Gasteiger partial charge in [-0.05, 0) is 29.3 Å². The minimum atomic E-state index is -3.04. The van der Waals surface area contributed by atoms with Crippen molar-refractivity contribution in [3.8, 4) is 33.8 Å². The van der Waals surface area contributed by atoms with E-state index < -0.39 is 12.6 Å². The summed E-state index contributed by atoms with van der Waals surface area (Å²) in [6.07, 6.45) is 0.246. The van der Waals surface area contributed by atoms with Crippen LogP contribution in [0.4, 0.5) is 8.78 Å². The minimum Gasteiger partial charge on any atom is -0.504 e. The number of carboxylic acids is 1. The number of halogens is 3. The van der Waals surface area contributed by atoms with Gasteiger partial charge >= 0.3 is 12.6 Å². The van der Waals surface area contributed by atoms with Gasteiger partial charge in [0.2, 0.25) is 0 Å². The summed E-state index contributed by atoms with van der Waals surface area (Å²) in [5.41, 5.74) is 3.80. The average Bonchev–Trinajstić information content (AvgIpc) is 3.14. The number of aryl methyl sites for hydroxylation is 1. The number of aliphatic carboxylic acids is 1. The number of H-pyrrole nitrogens is 1. The molecule has 0 saturated heterocycles. The van der Waals surface area contributed by atoms with Crippen LogP contribution in [0.2, 0.25) is 5.02 Å². The summed E-state index contributed by atoms with van der Waals surface area (Å²) >= 11 is 6.46. The molecule has 3 N–H and O–H groups in total. The highest BCUT2D eigenvalue weighted by Crippen LogP contribution is 2.39. The molecule has 1 aromatic heterocycles. The third-order valence-corrected chi connectivity index (χ3v) is 5.34. The maximum atomic E-state index is 12.5. The molecule has 0 atom stereocenters. The van der Waals surface area contributed by atoms with E-state index in [1.807, 2.05) is 6.07 Å². The molecule has 4 rings (SSSR count). The number of alkyl halides is 2. The Morgan fingerprint density at radius 3 is 2.44 bits per heavy atom. The normalized spacial score (nSPS) is 11.2. The van der Waals surface area contributed by atoms with Crippen LogP contribution in [0.15, 0.2) is 54.6 Å². The number of fused-ring (bicyclic) bond motifs is 1. The molecule has 0 aliphatic carbocycles. The lowest BCUT2D eigenvalue weighted by Crippen LogP contribution is -2.02. The van der Waals surface area contributed by atoms with E-state index >= 15 is 0 Å². The predicted molar refractivity (Wildman–Crippen MR) is 116 cm³/mol. The number of carbonyl (C=O) groups is 1. The molecule has 164 valence electrons. The number of aromatic amines is 1. The number of ether oxygens (including phenoxy) is 1. The van der Waals surface area contributed by atoms with Crippen LogP contribution in [-0.2, 0) is 11.2 Å². The fourth-order valence-electron chi connectivity index (χ4n) is 3.51. The van der Waals surface area contributed by atoms with E-state index in [0.29, 0.717) is 27.4 Å². The smallest absolute Gasteiger partial charge is 0.387 e. The number of hydrogen-bond donors (Lipinski definition) is 3. The molecule has 0 unspecified atom stereocenters. The van der Waals surface area contributed by atoms with Crippen LogP contribution < -0.4 is 4.74 Å². The highest BCUT2D eigenvalue weighted by atomic mass is 35.5. The second-order valence-corrected chi connectivity index (χ2v) is 7.46. The third kappa shape index (κ3) is 4.36. The van der Waals surface area contributed by atoms with Gasteiger partial charge in [0.05, 0.1) is 22.7 Å². The SMILES string of the molecule is O=C(O)CCc1n[nH]c2cc(Cl)c(-c3ccc(-c4cccc(OC(F)F)c4O)cc3)cc12. The lowest BCUT2D eigenvalue weighted by molar-refractivity contribution is -0.136. The molecule has 9 heteroatoms. The van der Waals surface area contributed by atoms with Gasteiger partial charge < -0.3 is 14.9 Å². The number of rotatable bonds is 7. The minimum absolute atomic E-state index is 0.0373. The van der Waals surface area contributed by atoms with Crippen molar-refractivity contribution in [2.75, 3.05) is 0 Å². The van der Waals surface area contributed by atoms with Crippen molar-refractivity contribution < 1.29 is 28.5 Å². The molecular weight excluding hydrogens is 442 g/mol. The quantitative estimate of drug-likeness (QED) is 0.321. The highest BCUT2D eigenvalue weighted by molar-refractivity contribution is 6.34. The summed E-state index contributed by atoms with van der Waals surface area (Å²) in [5.74, 6) is -1.58. The summed E-state index contributed by atoms with van der Waals surface area (Å²) in [5, 5.41) is 27.6. The van der Waals surface area contributed by atoms with Gasteiger partial charge in [-0.2, -0.15) is 13.9 Å². The van der Waals surface area contributed by atoms with Crippen LogP contribution in [0.25, 0.3) is 33.2 Å². The Balaban J connectivity index is 1.68. The molecule has 0 aliphatic heterocycles. The van der Waals surface area contributed by atoms with Gasteiger partial charge in [-0.25, -0.2) is 0 Å². The first-order chi connectivity index (χ1) is 15.3. The molecular formula is C23H17ClF2N2O4. The summed E-state index contributed by atoms with van der Waals surface area (Å²) in [6.45, 7) is -3.04. The average molecular weight is 459 g/mol. The van der Waals surface area contributed by atoms with Gasteiger partial charge in [0.25, 0.3) is 0 Å². The summed E-state index contributed by atoms with van der Waals surface area (Å²) in [7, 11) is 0. The second kappa shape index (κ2) is 8.84. The number of aromatic hydroxyl groups is 1. The molecule has 0 fully saturated rings. The lowest BCUT2D eigenvalue weighted by Gasteiger charge is -2.12. The molecule has 0 bridgehead atoms. The lowest BCUT2D eigenvalue weighted by atomic mass is 9.98. The molecule has 0 aliphatic rings. The van der Waals surface area contributed by atoms with E-state index in [4.69, 9.17) is 16.7 Å². The zero-order chi connectivity index (χ0) is 22.8. The van der Waals surface area contributed by atoms with E-state index in [1.54, 1.807) is 36.4 Å². The summed E-state index contributed by atoms with van der Waals surface area (Å²) < 4.78 is 29.4. The van der Waals surface area contributed by atoms with Crippen molar-refractivity contribution in [3.63, 3.8) is 0 Å². The first-order valence-electron chi connectivity index (χ1n) is 9.59. The van der Waals surface area contributed by atoms with Crippen molar-refractivity contribution in [2.45, 2.75) is 19.5 Å². The number of para-hydroxylation sites is 1. The van der Waals surface area contributed by atoms with Crippen molar-refractivity contribution in [2.24, 2.45) is 0 Å². The number of phenols is 1. The zero-order valence-electron chi connectivity index (χ0n) is 16.5. The summed E-state index contributed by atoms with van der Waals surface area (Å²) in [6, 6.07) is 15.0. The largest absolute Gasteiger partial charge is 0.504 e. The Morgan fingerprint density at radius 2 is 1.78 bits per heavy atom. The van der Waals surface area contributed by atoms with Crippen LogP contribution in [0.5, 0.6) is 11.5 Å². The van der Waals surface area contributed by atoms with Crippen LogP contribution in [0.3, 0.4) is 0 Å². The van der Waals surface area contributed by atoms with Crippen molar-refractivity contribution in [1.29, 1.82) is 0 Å². The van der Waals surface area contributed by atoms with Gasteiger partial charge in [0.15, 0.2) is 11.5 Å². The second-order valence-electron chi connectivity index (χ2n) is 7.05. The van der Waals surface area contributed by atoms with Gasteiger partial charge in [-0.1, -0.05) is 48.0 Å². The van der Waals surface area contributed by atoms with Crippen molar-refractivity contribution >= 4 is 28.5 Å². The first-order valence-corrected chi connectivity index (χ1v) is 9.97. The zero-order valence-corrected chi connectivity index (χ0v) is 17.2. The molecule has 6 nitrogen and oxygen atoms in total. The van der Waals surface area contributed by atoms with Crippen molar-refractivity contribution in [3.05, 3.63) is 65.3 Å². The van der Waals surface area contributed by atoms with Crippen LogP contribution >= 0.6 is 11.6 Å². The third-order valence-electron chi connectivity index (χ3n) is 5.03. The van der Waals surface area contributed by atoms with Gasteiger partial charge in [0, 0.05) is 22.9 Å². The van der Waals surface area contributed by atoms with E-state index in [2.05, 4.69) is 14.9 Å². The highest BCUT2D eigenvalue weighted by Gasteiger charge is 2.15. The standard InChI is InChI=1S/C23H17ClF2N2O4/c24-17-11-19-16(18(27-28-19)8-9-21(29)30)10-15(17)13-6-4-12(5-7-13)14-2-1-3-20(22(14)31)32-23(25)26/h1-7,10-11,23,31H,8-9H2,(H,27,28)(H,29,30). The molecule has 4 aromatic rings. The predicted octanol–water partition coefficient (Wildman–Crippen LogP) is 5.87. The fraction of sp³-hybridized carbons (Fsp3) is 0.130. The molecule has 32 heavy (non-hydrogen) atoms. The van der Waals surface area contributed by atoms with E-state index in [-0.39, 0.29) is 24.3 Å². The van der Waals surface area contributed by atoms with E-state index in [9.17, 15) is 18.7 Å². The molecule has 0 amide bonds. The summed E-state index contributed by atoms with van der Waals surface area (Å²) in [4.78, 5) is 10.9. The van der Waals surface area contributed by atoms with Crippen molar-refractivity contribution in [1.82, 2.24) is 10.2 Å². The van der Waals surface area contributed by atoms with Crippen LogP contribution in [0, 0.1) is 0 Å². The molecule has 0 saturated carbocycles. The number of benzene rings is 3. The first kappa shape index (κ1) is 21.6. The number of phenolic OH excluding ortho intramolecular Hbond substituents is 1. The Bertz CT molecular complexity index is 1290. The maximum Gasteiger partial charge on any atom is 0.387 e. The van der Waals surface area contributed by atoms with Crippen LogP contribution in [0.1, 0.15) is 12.1 Å². The Hall–Kier alpha value is -3.65. The van der Waals surface area contributed by atoms with Gasteiger partial charge in [0.1, 0.15) is 0 Å². The number of aromatic nitrogens is 2. The maximum absolute atomic E-state index is 12.5. The molecule has 0 radical (unpaired) electrons. The van der Waals surface area contributed by atoms with Gasteiger partial charge in [-0.3, -0.25) is 9.89 Å². The molecule has 3 aromatic carbocycles. The monoisotopic (exact) mass is 458 g/mol. The van der Waals surface area contributed by atoms with Gasteiger partial charge in [-0.15, -0.1) is 0 Å².